The second kappa shape index (κ2) is 4.20. The summed E-state index contributed by atoms with van der Waals surface area (Å²) >= 11 is 5.75. The highest BCUT2D eigenvalue weighted by atomic mass is 35.5. The molecule has 96 valence electrons. The van der Waals surface area contributed by atoms with E-state index in [1.165, 1.54) is 19.1 Å². The summed E-state index contributed by atoms with van der Waals surface area (Å²) in [5.74, 6) is -1.02. The zero-order valence-corrected chi connectivity index (χ0v) is 10.0. The van der Waals surface area contributed by atoms with Gasteiger partial charge in [-0.05, 0) is 19.1 Å². The van der Waals surface area contributed by atoms with Crippen molar-refractivity contribution in [3.05, 3.63) is 34.7 Å². The topological polar surface area (TPSA) is 54.7 Å². The number of anilines is 1. The standard InChI is InChI=1S/C11H9ClF3N3/c1-5-9(18-10(17-5)11(13,14)15)6-2-3-7(12)8(16)4-6/h2-4H,16H2,1H3,(H,17,18). The first kappa shape index (κ1) is 12.8. The third-order valence-electron chi connectivity index (χ3n) is 2.42. The lowest BCUT2D eigenvalue weighted by atomic mass is 10.1. The molecule has 0 amide bonds. The third-order valence-corrected chi connectivity index (χ3v) is 2.77. The molecule has 2 rings (SSSR count). The normalized spacial score (nSPS) is 11.8. The van der Waals surface area contributed by atoms with Crippen LogP contribution in [-0.2, 0) is 6.18 Å². The molecular formula is C11H9ClF3N3. The number of aryl methyl sites for hydroxylation is 1. The Kier molecular flexibility index (Phi) is 2.98. The van der Waals surface area contributed by atoms with Crippen molar-refractivity contribution in [3.63, 3.8) is 0 Å². The molecule has 3 nitrogen and oxygen atoms in total. The number of hydrogen-bond donors (Lipinski definition) is 2. The van der Waals surface area contributed by atoms with Crippen molar-refractivity contribution in [1.82, 2.24) is 9.97 Å². The van der Waals surface area contributed by atoms with Crippen molar-refractivity contribution in [1.29, 1.82) is 0 Å². The second-order valence-corrected chi connectivity index (χ2v) is 4.20. The second-order valence-electron chi connectivity index (χ2n) is 3.79. The van der Waals surface area contributed by atoms with Gasteiger partial charge in [0.2, 0.25) is 5.82 Å². The molecule has 2 aromatic rings. The number of benzene rings is 1. The fraction of sp³-hybridized carbons (Fsp3) is 0.182. The Labute approximate surface area is 106 Å². The Morgan fingerprint density at radius 2 is 2.00 bits per heavy atom. The number of nitrogens with two attached hydrogens (primary N) is 1. The number of H-pyrrole nitrogens is 1. The van der Waals surface area contributed by atoms with Gasteiger partial charge in [0.25, 0.3) is 0 Å². The summed E-state index contributed by atoms with van der Waals surface area (Å²) in [6, 6.07) is 4.58. The summed E-state index contributed by atoms with van der Waals surface area (Å²) in [5.41, 5.74) is 6.93. The zero-order chi connectivity index (χ0) is 13.5. The number of nitrogen functional groups attached to an aromatic ring is 1. The summed E-state index contributed by atoms with van der Waals surface area (Å²) in [7, 11) is 0. The number of aromatic nitrogens is 2. The van der Waals surface area contributed by atoms with Gasteiger partial charge in [0.05, 0.1) is 16.4 Å². The fourth-order valence-electron chi connectivity index (χ4n) is 1.57. The molecule has 0 atom stereocenters. The van der Waals surface area contributed by atoms with E-state index >= 15 is 0 Å². The van der Waals surface area contributed by atoms with Crippen LogP contribution in [0.1, 0.15) is 11.5 Å². The van der Waals surface area contributed by atoms with E-state index in [2.05, 4.69) is 9.97 Å². The van der Waals surface area contributed by atoms with Crippen molar-refractivity contribution in [3.8, 4) is 11.3 Å². The van der Waals surface area contributed by atoms with Crippen LogP contribution in [0.5, 0.6) is 0 Å². The number of hydrogen-bond acceptors (Lipinski definition) is 2. The average Bonchev–Trinajstić information content (AvgIpc) is 2.64. The number of halogens is 4. The summed E-state index contributed by atoms with van der Waals surface area (Å²) in [6.45, 7) is 1.52. The van der Waals surface area contributed by atoms with Crippen LogP contribution < -0.4 is 5.73 Å². The first-order chi connectivity index (χ1) is 8.29. The predicted octanol–water partition coefficient (Wildman–Crippen LogP) is 3.64. The Balaban J connectivity index is 2.51. The molecule has 0 aliphatic rings. The first-order valence-corrected chi connectivity index (χ1v) is 5.36. The average molecular weight is 276 g/mol. The maximum Gasteiger partial charge on any atom is 0.449 e. The fourth-order valence-corrected chi connectivity index (χ4v) is 1.68. The van der Waals surface area contributed by atoms with Gasteiger partial charge in [-0.3, -0.25) is 0 Å². The molecular weight excluding hydrogens is 267 g/mol. The van der Waals surface area contributed by atoms with Crippen LogP contribution in [0, 0.1) is 6.92 Å². The van der Waals surface area contributed by atoms with E-state index in [4.69, 9.17) is 17.3 Å². The predicted molar refractivity (Wildman–Crippen MR) is 63.2 cm³/mol. The molecule has 0 spiro atoms. The molecule has 18 heavy (non-hydrogen) atoms. The van der Waals surface area contributed by atoms with Crippen LogP contribution >= 0.6 is 11.6 Å². The zero-order valence-electron chi connectivity index (χ0n) is 9.27. The van der Waals surface area contributed by atoms with Gasteiger partial charge in [-0.2, -0.15) is 13.2 Å². The molecule has 0 fully saturated rings. The molecule has 0 aliphatic heterocycles. The molecule has 0 aliphatic carbocycles. The van der Waals surface area contributed by atoms with Crippen LogP contribution in [0.3, 0.4) is 0 Å². The minimum Gasteiger partial charge on any atom is -0.398 e. The minimum absolute atomic E-state index is 0.214. The molecule has 0 bridgehead atoms. The van der Waals surface area contributed by atoms with Gasteiger partial charge in [0, 0.05) is 11.3 Å². The molecule has 0 unspecified atom stereocenters. The molecule has 3 N–H and O–H groups in total. The van der Waals surface area contributed by atoms with Gasteiger partial charge in [0.1, 0.15) is 0 Å². The Morgan fingerprint density at radius 1 is 1.33 bits per heavy atom. The number of nitrogens with one attached hydrogen (secondary N) is 1. The van der Waals surface area contributed by atoms with E-state index in [1.807, 2.05) is 0 Å². The van der Waals surface area contributed by atoms with E-state index in [1.54, 1.807) is 6.07 Å². The number of rotatable bonds is 1. The summed E-state index contributed by atoms with van der Waals surface area (Å²) < 4.78 is 37.5. The van der Waals surface area contributed by atoms with E-state index < -0.39 is 12.0 Å². The van der Waals surface area contributed by atoms with E-state index in [0.29, 0.717) is 22.0 Å². The molecule has 1 aromatic heterocycles. The molecule has 1 aromatic carbocycles. The monoisotopic (exact) mass is 275 g/mol. The summed E-state index contributed by atoms with van der Waals surface area (Å²) in [5, 5.41) is 0.350. The molecule has 0 radical (unpaired) electrons. The Bertz CT molecular complexity index is 590. The van der Waals surface area contributed by atoms with Gasteiger partial charge in [-0.25, -0.2) is 4.98 Å². The number of nitrogens with zero attached hydrogens (tertiary/aromatic N) is 1. The van der Waals surface area contributed by atoms with E-state index in [0.717, 1.165) is 0 Å². The third kappa shape index (κ3) is 2.28. The van der Waals surface area contributed by atoms with Crippen LogP contribution in [0.2, 0.25) is 5.02 Å². The van der Waals surface area contributed by atoms with Crippen LogP contribution in [-0.4, -0.2) is 9.97 Å². The van der Waals surface area contributed by atoms with Gasteiger partial charge in [-0.1, -0.05) is 17.7 Å². The molecule has 0 saturated carbocycles. The summed E-state index contributed by atoms with van der Waals surface area (Å²) in [6.07, 6.45) is -4.50. The number of aromatic amines is 1. The maximum atomic E-state index is 12.5. The first-order valence-electron chi connectivity index (χ1n) is 4.98. The molecule has 7 heteroatoms. The van der Waals surface area contributed by atoms with Crippen molar-refractivity contribution >= 4 is 17.3 Å². The van der Waals surface area contributed by atoms with Gasteiger partial charge in [0.15, 0.2) is 0 Å². The number of alkyl halides is 3. The van der Waals surface area contributed by atoms with Crippen molar-refractivity contribution in [2.75, 3.05) is 5.73 Å². The lowest BCUT2D eigenvalue weighted by Crippen LogP contribution is -2.07. The maximum absolute atomic E-state index is 12.5. The highest BCUT2D eigenvalue weighted by Crippen LogP contribution is 2.32. The highest BCUT2D eigenvalue weighted by molar-refractivity contribution is 6.33. The molecule has 0 saturated heterocycles. The SMILES string of the molecule is Cc1[nH]c(C(F)(F)F)nc1-c1ccc(Cl)c(N)c1. The minimum atomic E-state index is -4.50. The quantitative estimate of drug-likeness (QED) is 0.781. The van der Waals surface area contributed by atoms with Gasteiger partial charge < -0.3 is 10.7 Å². The summed E-state index contributed by atoms with van der Waals surface area (Å²) in [4.78, 5) is 5.75. The van der Waals surface area contributed by atoms with Gasteiger partial charge in [-0.15, -0.1) is 0 Å². The smallest absolute Gasteiger partial charge is 0.398 e. The van der Waals surface area contributed by atoms with Crippen molar-refractivity contribution in [2.45, 2.75) is 13.1 Å². The largest absolute Gasteiger partial charge is 0.449 e. The lowest BCUT2D eigenvalue weighted by Gasteiger charge is -2.02. The Hall–Kier alpha value is -1.69. The van der Waals surface area contributed by atoms with Crippen molar-refractivity contribution < 1.29 is 13.2 Å². The van der Waals surface area contributed by atoms with Crippen LogP contribution in [0.25, 0.3) is 11.3 Å². The Morgan fingerprint density at radius 3 is 2.50 bits per heavy atom. The van der Waals surface area contributed by atoms with Crippen molar-refractivity contribution in [2.24, 2.45) is 0 Å². The molecule has 1 heterocycles. The van der Waals surface area contributed by atoms with E-state index in [-0.39, 0.29) is 5.69 Å². The number of imidazole rings is 1. The van der Waals surface area contributed by atoms with Crippen LogP contribution in [0.4, 0.5) is 18.9 Å². The lowest BCUT2D eigenvalue weighted by molar-refractivity contribution is -0.144. The van der Waals surface area contributed by atoms with Crippen LogP contribution in [0.15, 0.2) is 18.2 Å². The van der Waals surface area contributed by atoms with Gasteiger partial charge >= 0.3 is 6.18 Å². The van der Waals surface area contributed by atoms with E-state index in [9.17, 15) is 13.2 Å². The highest BCUT2D eigenvalue weighted by Gasteiger charge is 2.35.